The van der Waals surface area contributed by atoms with Gasteiger partial charge in [-0.15, -0.1) is 0 Å². The Morgan fingerprint density at radius 2 is 2.06 bits per heavy atom. The van der Waals surface area contributed by atoms with E-state index in [1.165, 1.54) is 0 Å². The van der Waals surface area contributed by atoms with E-state index in [4.69, 9.17) is 5.11 Å². The Balaban J connectivity index is 2.45. The molecule has 0 radical (unpaired) electrons. The molecule has 1 fully saturated rings. The molecule has 2 rings (SSSR count). The molecule has 1 unspecified atom stereocenters. The van der Waals surface area contributed by atoms with Gasteiger partial charge in [-0.25, -0.2) is 13.6 Å². The lowest BCUT2D eigenvalue weighted by atomic mass is 10.1. The molecular formula is C11H9F2NO3S. The highest BCUT2D eigenvalue weighted by molar-refractivity contribution is 7.81. The van der Waals surface area contributed by atoms with Crippen molar-refractivity contribution in [1.29, 1.82) is 0 Å². The lowest BCUT2D eigenvalue weighted by molar-refractivity contribution is -0.117. The smallest absolute Gasteiger partial charge is 0.338 e. The summed E-state index contributed by atoms with van der Waals surface area (Å²) in [6.45, 7) is 0.171. The second-order valence-electron chi connectivity index (χ2n) is 3.93. The molecule has 1 aliphatic heterocycles. The predicted octanol–water partition coefficient (Wildman–Crippen LogP) is 1.70. The number of hydrogen-bond acceptors (Lipinski definition) is 3. The van der Waals surface area contributed by atoms with Crippen molar-refractivity contribution in [2.75, 3.05) is 11.4 Å². The van der Waals surface area contributed by atoms with Crippen molar-refractivity contribution in [3.05, 3.63) is 29.3 Å². The third-order valence-electron chi connectivity index (χ3n) is 2.69. The fourth-order valence-corrected chi connectivity index (χ4v) is 2.15. The molecule has 1 aromatic carbocycles. The molecule has 1 amide bonds. The molecule has 7 heteroatoms. The van der Waals surface area contributed by atoms with Gasteiger partial charge >= 0.3 is 5.97 Å². The van der Waals surface area contributed by atoms with Crippen molar-refractivity contribution in [2.45, 2.75) is 11.7 Å². The molecule has 1 N–H and O–H groups in total. The highest BCUT2D eigenvalue weighted by Crippen LogP contribution is 2.29. The topological polar surface area (TPSA) is 57.6 Å². The molecule has 0 bridgehead atoms. The molecule has 1 aliphatic rings. The van der Waals surface area contributed by atoms with E-state index in [-0.39, 0.29) is 29.8 Å². The summed E-state index contributed by atoms with van der Waals surface area (Å²) in [7, 11) is 0. The van der Waals surface area contributed by atoms with Crippen LogP contribution in [0.3, 0.4) is 0 Å². The Morgan fingerprint density at radius 1 is 1.39 bits per heavy atom. The summed E-state index contributed by atoms with van der Waals surface area (Å²) in [5.41, 5.74) is -1.01. The number of halogens is 2. The number of carbonyl (C=O) groups excluding carboxylic acids is 1. The van der Waals surface area contributed by atoms with Gasteiger partial charge in [-0.05, 0) is 12.1 Å². The Morgan fingerprint density at radius 3 is 2.56 bits per heavy atom. The zero-order valence-corrected chi connectivity index (χ0v) is 9.95. The van der Waals surface area contributed by atoms with Crippen molar-refractivity contribution in [2.24, 2.45) is 0 Å². The minimum Gasteiger partial charge on any atom is -0.478 e. The maximum atomic E-state index is 13.7. The van der Waals surface area contributed by atoms with E-state index in [0.717, 1.165) is 17.0 Å². The largest absolute Gasteiger partial charge is 0.478 e. The van der Waals surface area contributed by atoms with E-state index in [2.05, 4.69) is 12.6 Å². The molecule has 0 spiro atoms. The number of hydrogen-bond donors (Lipinski definition) is 2. The summed E-state index contributed by atoms with van der Waals surface area (Å²) in [5, 5.41) is 8.40. The second kappa shape index (κ2) is 4.56. The Bertz CT molecular complexity index is 535. The van der Waals surface area contributed by atoms with Crippen molar-refractivity contribution < 1.29 is 23.5 Å². The standard InChI is InChI=1S/C11H9F2NO3S/c12-9-6(11(16)17)1-2-7(10(9)13)14-4-5(18)3-8(14)15/h1-2,5,18H,3-4H2,(H,16,17). The number of rotatable bonds is 2. The SMILES string of the molecule is O=C(O)c1ccc(N2CC(S)CC2=O)c(F)c1F. The number of carbonyl (C=O) groups is 2. The number of carboxylic acid groups (broad SMARTS) is 1. The zero-order chi connectivity index (χ0) is 13.4. The van der Waals surface area contributed by atoms with Crippen LogP contribution >= 0.6 is 12.6 Å². The normalized spacial score (nSPS) is 19.4. The van der Waals surface area contributed by atoms with E-state index in [1.807, 2.05) is 0 Å². The number of benzene rings is 1. The molecule has 1 saturated heterocycles. The van der Waals surface area contributed by atoms with E-state index in [0.29, 0.717) is 0 Å². The average molecular weight is 273 g/mol. The fraction of sp³-hybridized carbons (Fsp3) is 0.273. The van der Waals surface area contributed by atoms with Gasteiger partial charge in [0.1, 0.15) is 0 Å². The number of aromatic carboxylic acids is 1. The molecule has 0 aliphatic carbocycles. The summed E-state index contributed by atoms with van der Waals surface area (Å²) in [5.74, 6) is -4.71. The first-order valence-corrected chi connectivity index (χ1v) is 5.63. The van der Waals surface area contributed by atoms with Gasteiger partial charge in [0.15, 0.2) is 11.6 Å². The Kier molecular flexibility index (Phi) is 3.25. The van der Waals surface area contributed by atoms with Gasteiger partial charge in [-0.2, -0.15) is 12.6 Å². The summed E-state index contributed by atoms with van der Waals surface area (Å²) >= 11 is 4.10. The average Bonchev–Trinajstić information content (AvgIpc) is 2.61. The number of amides is 1. The number of nitrogens with zero attached hydrogens (tertiary/aromatic N) is 1. The molecule has 1 aromatic rings. The quantitative estimate of drug-likeness (QED) is 0.806. The minimum absolute atomic E-state index is 0.144. The van der Waals surface area contributed by atoms with Crippen molar-refractivity contribution in [3.63, 3.8) is 0 Å². The molecule has 1 atom stereocenters. The van der Waals surface area contributed by atoms with Crippen LogP contribution in [0.4, 0.5) is 14.5 Å². The van der Waals surface area contributed by atoms with Crippen LogP contribution in [0.15, 0.2) is 12.1 Å². The third-order valence-corrected chi connectivity index (χ3v) is 3.03. The summed E-state index contributed by atoms with van der Waals surface area (Å²) in [6, 6.07) is 2.03. The van der Waals surface area contributed by atoms with E-state index >= 15 is 0 Å². The third kappa shape index (κ3) is 2.05. The van der Waals surface area contributed by atoms with Crippen LogP contribution in [-0.4, -0.2) is 28.8 Å². The maximum Gasteiger partial charge on any atom is 0.338 e. The van der Waals surface area contributed by atoms with Gasteiger partial charge < -0.3 is 10.0 Å². The summed E-state index contributed by atoms with van der Waals surface area (Å²) in [4.78, 5) is 23.2. The maximum absolute atomic E-state index is 13.7. The Labute approximate surface area is 107 Å². The van der Waals surface area contributed by atoms with Crippen LogP contribution in [0.2, 0.25) is 0 Å². The first-order valence-electron chi connectivity index (χ1n) is 5.11. The van der Waals surface area contributed by atoms with E-state index in [1.54, 1.807) is 0 Å². The van der Waals surface area contributed by atoms with Gasteiger partial charge in [0.2, 0.25) is 5.91 Å². The zero-order valence-electron chi connectivity index (χ0n) is 9.06. The van der Waals surface area contributed by atoms with E-state index < -0.39 is 23.2 Å². The van der Waals surface area contributed by atoms with Crippen LogP contribution in [0.1, 0.15) is 16.8 Å². The van der Waals surface area contributed by atoms with Crippen LogP contribution in [0, 0.1) is 11.6 Å². The highest BCUT2D eigenvalue weighted by atomic mass is 32.1. The molecule has 96 valence electrons. The van der Waals surface area contributed by atoms with Gasteiger partial charge in [-0.3, -0.25) is 4.79 Å². The molecule has 1 heterocycles. The highest BCUT2D eigenvalue weighted by Gasteiger charge is 2.31. The monoisotopic (exact) mass is 273 g/mol. The van der Waals surface area contributed by atoms with E-state index in [9.17, 15) is 18.4 Å². The van der Waals surface area contributed by atoms with Crippen molar-refractivity contribution in [1.82, 2.24) is 0 Å². The van der Waals surface area contributed by atoms with Crippen molar-refractivity contribution >= 4 is 30.2 Å². The fourth-order valence-electron chi connectivity index (χ4n) is 1.83. The number of carboxylic acids is 1. The predicted molar refractivity (Wildman–Crippen MR) is 63.1 cm³/mol. The van der Waals surface area contributed by atoms with Crippen molar-refractivity contribution in [3.8, 4) is 0 Å². The molecule has 4 nitrogen and oxygen atoms in total. The lowest BCUT2D eigenvalue weighted by Crippen LogP contribution is -2.26. The van der Waals surface area contributed by atoms with Crippen LogP contribution in [0.5, 0.6) is 0 Å². The molecule has 18 heavy (non-hydrogen) atoms. The van der Waals surface area contributed by atoms with Gasteiger partial charge in [0.05, 0.1) is 11.3 Å². The second-order valence-corrected chi connectivity index (χ2v) is 4.66. The van der Waals surface area contributed by atoms with Gasteiger partial charge in [-0.1, -0.05) is 0 Å². The first kappa shape index (κ1) is 12.8. The Hall–Kier alpha value is -1.63. The lowest BCUT2D eigenvalue weighted by Gasteiger charge is -2.17. The first-order chi connectivity index (χ1) is 8.41. The van der Waals surface area contributed by atoms with Crippen LogP contribution in [-0.2, 0) is 4.79 Å². The van der Waals surface area contributed by atoms with Crippen LogP contribution in [0.25, 0.3) is 0 Å². The summed E-state index contributed by atoms with van der Waals surface area (Å²) in [6.07, 6.45) is 0.144. The molecular weight excluding hydrogens is 264 g/mol. The summed E-state index contributed by atoms with van der Waals surface area (Å²) < 4.78 is 27.2. The molecule has 0 saturated carbocycles. The van der Waals surface area contributed by atoms with Crippen LogP contribution < -0.4 is 4.90 Å². The number of thiol groups is 1. The molecule has 0 aromatic heterocycles. The minimum atomic E-state index is -1.56. The van der Waals surface area contributed by atoms with Gasteiger partial charge in [0, 0.05) is 18.2 Å². The number of anilines is 1. The van der Waals surface area contributed by atoms with Gasteiger partial charge in [0.25, 0.3) is 0 Å².